The summed E-state index contributed by atoms with van der Waals surface area (Å²) >= 11 is 0. The number of aliphatic hydroxyl groups excluding tert-OH is 1. The van der Waals surface area contributed by atoms with Crippen LogP contribution >= 0.6 is 0 Å². The third-order valence-electron chi connectivity index (χ3n) is 3.45. The van der Waals surface area contributed by atoms with Gasteiger partial charge >= 0.3 is 0 Å². The maximum absolute atomic E-state index is 9.23. The van der Waals surface area contributed by atoms with E-state index in [0.29, 0.717) is 24.2 Å². The van der Waals surface area contributed by atoms with Gasteiger partial charge in [-0.05, 0) is 24.8 Å². The first kappa shape index (κ1) is 12.0. The van der Waals surface area contributed by atoms with Gasteiger partial charge in [-0.15, -0.1) is 0 Å². The van der Waals surface area contributed by atoms with E-state index in [1.54, 1.807) is 6.20 Å². The number of hydrogen-bond donors (Lipinski definition) is 2. The highest BCUT2D eigenvalue weighted by Crippen LogP contribution is 2.25. The largest absolute Gasteiger partial charge is 0.396 e. The minimum Gasteiger partial charge on any atom is -0.396 e. The van der Waals surface area contributed by atoms with Gasteiger partial charge in [-0.1, -0.05) is 12.5 Å². The monoisotopic (exact) mass is 231 g/mol. The normalized spacial score (nSPS) is 23.5. The zero-order valence-electron chi connectivity index (χ0n) is 9.76. The summed E-state index contributed by atoms with van der Waals surface area (Å²) < 4.78 is 0. The molecule has 1 heterocycles. The van der Waals surface area contributed by atoms with Crippen molar-refractivity contribution in [2.75, 3.05) is 6.61 Å². The Kier molecular flexibility index (Phi) is 4.08. The van der Waals surface area contributed by atoms with Gasteiger partial charge in [0.2, 0.25) is 0 Å². The lowest BCUT2D eigenvalue weighted by Gasteiger charge is -2.19. The predicted molar refractivity (Wildman–Crippen MR) is 64.0 cm³/mol. The van der Waals surface area contributed by atoms with E-state index in [-0.39, 0.29) is 6.61 Å². The van der Waals surface area contributed by atoms with Crippen LogP contribution in [0.4, 0.5) is 0 Å². The van der Waals surface area contributed by atoms with Crippen molar-refractivity contribution >= 4 is 0 Å². The molecule has 17 heavy (non-hydrogen) atoms. The molecule has 0 amide bonds. The molecule has 0 aromatic carbocycles. The van der Waals surface area contributed by atoms with E-state index < -0.39 is 0 Å². The Balaban J connectivity index is 1.96. The summed E-state index contributed by atoms with van der Waals surface area (Å²) in [7, 11) is 0. The summed E-state index contributed by atoms with van der Waals surface area (Å²) in [6.45, 7) is 0.897. The van der Waals surface area contributed by atoms with Gasteiger partial charge in [0.15, 0.2) is 0 Å². The fourth-order valence-electron chi connectivity index (χ4n) is 2.45. The van der Waals surface area contributed by atoms with E-state index in [1.807, 2.05) is 12.1 Å². The molecule has 1 aromatic heterocycles. The maximum Gasteiger partial charge on any atom is 0.144 e. The van der Waals surface area contributed by atoms with Crippen LogP contribution in [0.1, 0.15) is 30.5 Å². The highest BCUT2D eigenvalue weighted by Gasteiger charge is 2.25. The number of hydrogen-bond acceptors (Lipinski definition) is 4. The number of aliphatic hydroxyl groups is 1. The summed E-state index contributed by atoms with van der Waals surface area (Å²) in [5.41, 5.74) is 1.41. The summed E-state index contributed by atoms with van der Waals surface area (Å²) in [6, 6.07) is 6.22. The van der Waals surface area contributed by atoms with E-state index in [0.717, 1.165) is 18.4 Å². The van der Waals surface area contributed by atoms with Gasteiger partial charge in [-0.25, -0.2) is 4.98 Å². The molecule has 0 aliphatic heterocycles. The molecule has 1 saturated carbocycles. The molecule has 1 aromatic rings. The number of rotatable bonds is 4. The Labute approximate surface area is 101 Å². The van der Waals surface area contributed by atoms with Crippen LogP contribution in [-0.4, -0.2) is 22.7 Å². The predicted octanol–water partition coefficient (Wildman–Crippen LogP) is 1.20. The van der Waals surface area contributed by atoms with Crippen molar-refractivity contribution in [2.24, 2.45) is 5.92 Å². The molecule has 1 fully saturated rings. The van der Waals surface area contributed by atoms with E-state index in [1.165, 1.54) is 6.42 Å². The van der Waals surface area contributed by atoms with Crippen LogP contribution in [0.3, 0.4) is 0 Å². The van der Waals surface area contributed by atoms with E-state index in [9.17, 15) is 5.11 Å². The van der Waals surface area contributed by atoms with E-state index in [2.05, 4.69) is 16.4 Å². The quantitative estimate of drug-likeness (QED) is 0.817. The molecule has 2 rings (SSSR count). The van der Waals surface area contributed by atoms with E-state index >= 15 is 0 Å². The Morgan fingerprint density at radius 2 is 2.41 bits per heavy atom. The molecule has 0 spiro atoms. The van der Waals surface area contributed by atoms with Crippen LogP contribution in [0.2, 0.25) is 0 Å². The number of pyridine rings is 1. The number of aromatic nitrogens is 1. The minimum atomic E-state index is 0.246. The number of nitriles is 1. The van der Waals surface area contributed by atoms with Crippen molar-refractivity contribution in [3.63, 3.8) is 0 Å². The van der Waals surface area contributed by atoms with Crippen molar-refractivity contribution in [1.29, 1.82) is 5.26 Å². The van der Waals surface area contributed by atoms with Crippen LogP contribution in [-0.2, 0) is 6.54 Å². The van der Waals surface area contributed by atoms with Gasteiger partial charge < -0.3 is 10.4 Å². The smallest absolute Gasteiger partial charge is 0.144 e. The highest BCUT2D eigenvalue weighted by molar-refractivity contribution is 5.30. The fraction of sp³-hybridized carbons (Fsp3) is 0.538. The van der Waals surface area contributed by atoms with Gasteiger partial charge in [-0.3, -0.25) is 0 Å². The van der Waals surface area contributed by atoms with Crippen LogP contribution in [0.15, 0.2) is 18.3 Å². The molecular formula is C13H17N3O. The van der Waals surface area contributed by atoms with Crippen LogP contribution in [0.5, 0.6) is 0 Å². The zero-order valence-corrected chi connectivity index (χ0v) is 9.76. The molecule has 0 radical (unpaired) electrons. The Morgan fingerprint density at radius 3 is 3.18 bits per heavy atom. The molecule has 4 nitrogen and oxygen atoms in total. The number of nitrogens with one attached hydrogen (secondary N) is 1. The van der Waals surface area contributed by atoms with Crippen molar-refractivity contribution < 1.29 is 5.11 Å². The molecule has 2 unspecified atom stereocenters. The third kappa shape index (κ3) is 2.82. The molecular weight excluding hydrogens is 214 g/mol. The molecule has 4 heteroatoms. The van der Waals surface area contributed by atoms with Gasteiger partial charge in [-0.2, -0.15) is 5.26 Å². The average molecular weight is 231 g/mol. The SMILES string of the molecule is N#Cc1ncccc1CNC1CCCC1CO. The third-order valence-corrected chi connectivity index (χ3v) is 3.45. The van der Waals surface area contributed by atoms with Crippen molar-refractivity contribution in [2.45, 2.75) is 31.8 Å². The van der Waals surface area contributed by atoms with Crippen LogP contribution in [0, 0.1) is 17.2 Å². The molecule has 90 valence electrons. The zero-order chi connectivity index (χ0) is 12.1. The van der Waals surface area contributed by atoms with Crippen LogP contribution in [0.25, 0.3) is 0 Å². The Hall–Kier alpha value is -1.44. The maximum atomic E-state index is 9.23. The fourth-order valence-corrected chi connectivity index (χ4v) is 2.45. The lowest BCUT2D eigenvalue weighted by molar-refractivity contribution is 0.205. The molecule has 2 N–H and O–H groups in total. The first-order valence-electron chi connectivity index (χ1n) is 6.03. The Morgan fingerprint density at radius 1 is 1.53 bits per heavy atom. The molecule has 1 aliphatic carbocycles. The van der Waals surface area contributed by atoms with Gasteiger partial charge in [0.1, 0.15) is 11.8 Å². The number of nitrogens with zero attached hydrogens (tertiary/aromatic N) is 2. The van der Waals surface area contributed by atoms with Crippen molar-refractivity contribution in [3.05, 3.63) is 29.6 Å². The van der Waals surface area contributed by atoms with Gasteiger partial charge in [0, 0.05) is 31.0 Å². The Bertz CT molecular complexity index is 413. The lowest BCUT2D eigenvalue weighted by atomic mass is 10.0. The standard InChI is InChI=1S/C13H17N3O/c14-7-13-10(4-2-6-15-13)8-16-12-5-1-3-11(12)9-17/h2,4,6,11-12,16-17H,1,3,5,8-9H2. The second kappa shape index (κ2) is 5.76. The summed E-state index contributed by atoms with van der Waals surface area (Å²) in [5.74, 6) is 0.359. The van der Waals surface area contributed by atoms with Gasteiger partial charge in [0.25, 0.3) is 0 Å². The highest BCUT2D eigenvalue weighted by atomic mass is 16.3. The summed E-state index contributed by atoms with van der Waals surface area (Å²) in [5, 5.41) is 21.6. The molecule has 0 saturated heterocycles. The molecule has 1 aliphatic rings. The lowest BCUT2D eigenvalue weighted by Crippen LogP contribution is -2.33. The molecule has 0 bridgehead atoms. The van der Waals surface area contributed by atoms with Crippen LogP contribution < -0.4 is 5.32 Å². The average Bonchev–Trinajstić information content (AvgIpc) is 2.84. The second-order valence-electron chi connectivity index (χ2n) is 4.48. The van der Waals surface area contributed by atoms with Gasteiger partial charge in [0.05, 0.1) is 0 Å². The minimum absolute atomic E-state index is 0.246. The summed E-state index contributed by atoms with van der Waals surface area (Å²) in [6.07, 6.45) is 4.99. The summed E-state index contributed by atoms with van der Waals surface area (Å²) in [4.78, 5) is 4.03. The topological polar surface area (TPSA) is 68.9 Å². The van der Waals surface area contributed by atoms with Crippen molar-refractivity contribution in [1.82, 2.24) is 10.3 Å². The second-order valence-corrected chi connectivity index (χ2v) is 4.48. The molecule has 2 atom stereocenters. The first-order valence-corrected chi connectivity index (χ1v) is 6.03. The van der Waals surface area contributed by atoms with Crippen molar-refractivity contribution in [3.8, 4) is 6.07 Å². The van der Waals surface area contributed by atoms with E-state index in [4.69, 9.17) is 5.26 Å². The first-order chi connectivity index (χ1) is 8.35.